The van der Waals surface area contributed by atoms with Crippen molar-refractivity contribution in [1.82, 2.24) is 4.90 Å². The van der Waals surface area contributed by atoms with Gasteiger partial charge in [-0.3, -0.25) is 4.90 Å². The minimum Gasteiger partial charge on any atom is -0.328 e. The highest BCUT2D eigenvalue weighted by atomic mass is 15.1. The zero-order chi connectivity index (χ0) is 13.8. The fraction of sp³-hybridized carbons (Fsp3) is 0.647. The summed E-state index contributed by atoms with van der Waals surface area (Å²) in [4.78, 5) is 2.53. The van der Waals surface area contributed by atoms with Crippen LogP contribution in [0.25, 0.3) is 0 Å². The summed E-state index contributed by atoms with van der Waals surface area (Å²) < 4.78 is 0. The van der Waals surface area contributed by atoms with Gasteiger partial charge >= 0.3 is 0 Å². The first kappa shape index (κ1) is 14.5. The Bertz CT molecular complexity index is 381. The van der Waals surface area contributed by atoms with Crippen molar-refractivity contribution in [3.05, 3.63) is 35.4 Å². The highest BCUT2D eigenvalue weighted by Crippen LogP contribution is 2.21. The van der Waals surface area contributed by atoms with Gasteiger partial charge in [0.1, 0.15) is 0 Å². The maximum atomic E-state index is 5.99. The number of hydrogen-bond acceptors (Lipinski definition) is 2. The van der Waals surface area contributed by atoms with Gasteiger partial charge in [0, 0.05) is 19.1 Å². The van der Waals surface area contributed by atoms with E-state index in [1.54, 1.807) is 0 Å². The molecule has 0 spiro atoms. The molecule has 2 N–H and O–H groups in total. The topological polar surface area (TPSA) is 29.3 Å². The molecule has 1 aromatic rings. The molecule has 0 amide bonds. The van der Waals surface area contributed by atoms with Crippen LogP contribution in [-0.4, -0.2) is 24.0 Å². The summed E-state index contributed by atoms with van der Waals surface area (Å²) in [6.07, 6.45) is 2.43. The van der Waals surface area contributed by atoms with E-state index in [1.165, 1.54) is 30.5 Å². The average molecular weight is 260 g/mol. The van der Waals surface area contributed by atoms with E-state index in [0.29, 0.717) is 12.0 Å². The lowest BCUT2D eigenvalue weighted by atomic mass is 10.0. The first-order valence-corrected chi connectivity index (χ1v) is 7.60. The van der Waals surface area contributed by atoms with Crippen molar-refractivity contribution in [3.8, 4) is 0 Å². The summed E-state index contributed by atoms with van der Waals surface area (Å²) in [5, 5.41) is 0. The molecule has 19 heavy (non-hydrogen) atoms. The molecule has 2 heteroatoms. The third-order valence-electron chi connectivity index (χ3n) is 4.13. The van der Waals surface area contributed by atoms with E-state index < -0.39 is 0 Å². The SMILES string of the molecule is CC(C)Cc1ccc(CN2CCC(C(C)N)C2)cc1. The van der Waals surface area contributed by atoms with E-state index in [9.17, 15) is 0 Å². The van der Waals surface area contributed by atoms with Gasteiger partial charge in [-0.25, -0.2) is 0 Å². The number of hydrogen-bond donors (Lipinski definition) is 1. The van der Waals surface area contributed by atoms with Crippen molar-refractivity contribution in [1.29, 1.82) is 0 Å². The average Bonchev–Trinajstić information content (AvgIpc) is 2.80. The van der Waals surface area contributed by atoms with E-state index in [4.69, 9.17) is 5.73 Å². The summed E-state index contributed by atoms with van der Waals surface area (Å²) in [5.74, 6) is 1.41. The van der Waals surface area contributed by atoms with Gasteiger partial charge < -0.3 is 5.73 Å². The first-order valence-electron chi connectivity index (χ1n) is 7.60. The number of likely N-dealkylation sites (tertiary alicyclic amines) is 1. The number of nitrogens with two attached hydrogens (primary N) is 1. The van der Waals surface area contributed by atoms with Gasteiger partial charge in [-0.05, 0) is 49.3 Å². The Morgan fingerprint density at radius 3 is 2.32 bits per heavy atom. The molecule has 0 aliphatic carbocycles. The molecule has 2 nitrogen and oxygen atoms in total. The van der Waals surface area contributed by atoms with Crippen molar-refractivity contribution >= 4 is 0 Å². The molecule has 1 aromatic carbocycles. The Labute approximate surface area is 118 Å². The first-order chi connectivity index (χ1) is 9.04. The van der Waals surface area contributed by atoms with Crippen molar-refractivity contribution < 1.29 is 0 Å². The van der Waals surface area contributed by atoms with Crippen molar-refractivity contribution in [3.63, 3.8) is 0 Å². The van der Waals surface area contributed by atoms with E-state index in [2.05, 4.69) is 49.9 Å². The van der Waals surface area contributed by atoms with Crippen LogP contribution in [0, 0.1) is 11.8 Å². The van der Waals surface area contributed by atoms with Gasteiger partial charge in [0.05, 0.1) is 0 Å². The minimum atomic E-state index is 0.332. The quantitative estimate of drug-likeness (QED) is 0.881. The summed E-state index contributed by atoms with van der Waals surface area (Å²) in [7, 11) is 0. The molecular formula is C17H28N2. The third-order valence-corrected chi connectivity index (χ3v) is 4.13. The van der Waals surface area contributed by atoms with E-state index in [1.807, 2.05) is 0 Å². The highest BCUT2D eigenvalue weighted by molar-refractivity contribution is 5.23. The Hall–Kier alpha value is -0.860. The molecule has 0 aromatic heterocycles. The molecule has 1 heterocycles. The molecule has 2 unspecified atom stereocenters. The molecule has 1 fully saturated rings. The molecule has 1 aliphatic heterocycles. The van der Waals surface area contributed by atoms with Crippen LogP contribution in [0.3, 0.4) is 0 Å². The van der Waals surface area contributed by atoms with Gasteiger partial charge in [-0.1, -0.05) is 38.1 Å². The van der Waals surface area contributed by atoms with Gasteiger partial charge in [0.2, 0.25) is 0 Å². The van der Waals surface area contributed by atoms with Crippen LogP contribution in [0.2, 0.25) is 0 Å². The second-order valence-electron chi connectivity index (χ2n) is 6.56. The van der Waals surface area contributed by atoms with Crippen LogP contribution in [0.1, 0.15) is 38.3 Å². The Morgan fingerprint density at radius 1 is 1.16 bits per heavy atom. The second kappa shape index (κ2) is 6.53. The summed E-state index contributed by atoms with van der Waals surface area (Å²) >= 11 is 0. The highest BCUT2D eigenvalue weighted by Gasteiger charge is 2.24. The van der Waals surface area contributed by atoms with Crippen LogP contribution < -0.4 is 5.73 Å². The molecule has 0 saturated carbocycles. The summed E-state index contributed by atoms with van der Waals surface area (Å²) in [6.45, 7) is 10.1. The summed E-state index contributed by atoms with van der Waals surface area (Å²) in [6, 6.07) is 9.48. The van der Waals surface area contributed by atoms with Gasteiger partial charge in [0.25, 0.3) is 0 Å². The Kier molecular flexibility index (Phi) is 5.00. The van der Waals surface area contributed by atoms with E-state index in [0.717, 1.165) is 19.0 Å². The molecule has 106 valence electrons. The van der Waals surface area contributed by atoms with E-state index in [-0.39, 0.29) is 0 Å². The van der Waals surface area contributed by atoms with Gasteiger partial charge in [0.15, 0.2) is 0 Å². The smallest absolute Gasteiger partial charge is 0.0233 e. The number of rotatable bonds is 5. The maximum absolute atomic E-state index is 5.99. The van der Waals surface area contributed by atoms with Gasteiger partial charge in [-0.15, -0.1) is 0 Å². The lowest BCUT2D eigenvalue weighted by Crippen LogP contribution is -2.29. The second-order valence-corrected chi connectivity index (χ2v) is 6.56. The molecule has 0 radical (unpaired) electrons. The largest absolute Gasteiger partial charge is 0.328 e. The molecule has 1 saturated heterocycles. The van der Waals surface area contributed by atoms with Crippen molar-refractivity contribution in [2.45, 2.75) is 46.2 Å². The van der Waals surface area contributed by atoms with Crippen LogP contribution in [0.5, 0.6) is 0 Å². The fourth-order valence-corrected chi connectivity index (χ4v) is 2.95. The maximum Gasteiger partial charge on any atom is 0.0233 e. The summed E-state index contributed by atoms with van der Waals surface area (Å²) in [5.41, 5.74) is 8.87. The third kappa shape index (κ3) is 4.32. The predicted molar refractivity (Wildman–Crippen MR) is 82.0 cm³/mol. The lowest BCUT2D eigenvalue weighted by molar-refractivity contribution is 0.308. The van der Waals surface area contributed by atoms with Crippen LogP contribution in [-0.2, 0) is 13.0 Å². The normalized spacial score (nSPS) is 22.1. The van der Waals surface area contributed by atoms with Crippen LogP contribution >= 0.6 is 0 Å². The Morgan fingerprint density at radius 2 is 1.79 bits per heavy atom. The molecular weight excluding hydrogens is 232 g/mol. The molecule has 1 aliphatic rings. The van der Waals surface area contributed by atoms with Gasteiger partial charge in [-0.2, -0.15) is 0 Å². The van der Waals surface area contributed by atoms with Crippen molar-refractivity contribution in [2.24, 2.45) is 17.6 Å². The monoisotopic (exact) mass is 260 g/mol. The Balaban J connectivity index is 1.86. The predicted octanol–water partition coefficient (Wildman–Crippen LogP) is 3.05. The fourth-order valence-electron chi connectivity index (χ4n) is 2.95. The standard InChI is InChI=1S/C17H28N2/c1-13(2)10-15-4-6-16(7-5-15)11-19-9-8-17(12-19)14(3)18/h4-7,13-14,17H,8-12,18H2,1-3H3. The van der Waals surface area contributed by atoms with Crippen LogP contribution in [0.4, 0.5) is 0 Å². The minimum absolute atomic E-state index is 0.332. The zero-order valence-corrected chi connectivity index (χ0v) is 12.6. The lowest BCUT2D eigenvalue weighted by Gasteiger charge is -2.18. The van der Waals surface area contributed by atoms with E-state index >= 15 is 0 Å². The number of nitrogens with zero attached hydrogens (tertiary/aromatic N) is 1. The van der Waals surface area contributed by atoms with Crippen molar-refractivity contribution in [2.75, 3.05) is 13.1 Å². The van der Waals surface area contributed by atoms with Crippen LogP contribution in [0.15, 0.2) is 24.3 Å². The molecule has 2 atom stereocenters. The molecule has 0 bridgehead atoms. The number of benzene rings is 1. The molecule has 2 rings (SSSR count). The zero-order valence-electron chi connectivity index (χ0n) is 12.6.